The highest BCUT2D eigenvalue weighted by molar-refractivity contribution is 7.80. The van der Waals surface area contributed by atoms with Crippen molar-refractivity contribution < 1.29 is 9.47 Å². The first-order valence-electron chi connectivity index (χ1n) is 7.71. The van der Waals surface area contributed by atoms with Gasteiger partial charge < -0.3 is 20.5 Å². The molecule has 122 valence electrons. The second kappa shape index (κ2) is 9.69. The fourth-order valence-corrected chi connectivity index (χ4v) is 2.20. The van der Waals surface area contributed by atoms with E-state index < -0.39 is 0 Å². The SMILES string of the molecule is NC(=S)Nc1cccc(OCCCCCOc2ccccc2)c1. The smallest absolute Gasteiger partial charge is 0.168 e. The predicted octanol–water partition coefficient (Wildman–Crippen LogP) is 3.97. The van der Waals surface area contributed by atoms with Crippen LogP contribution in [0.5, 0.6) is 11.5 Å². The lowest BCUT2D eigenvalue weighted by molar-refractivity contribution is 0.279. The highest BCUT2D eigenvalue weighted by atomic mass is 32.1. The van der Waals surface area contributed by atoms with Crippen molar-refractivity contribution in [2.24, 2.45) is 5.73 Å². The first-order valence-corrected chi connectivity index (χ1v) is 8.12. The Morgan fingerprint density at radius 1 is 0.870 bits per heavy atom. The summed E-state index contributed by atoms with van der Waals surface area (Å²) in [4.78, 5) is 0. The van der Waals surface area contributed by atoms with E-state index in [1.54, 1.807) is 0 Å². The van der Waals surface area contributed by atoms with Crippen molar-refractivity contribution >= 4 is 23.0 Å². The lowest BCUT2D eigenvalue weighted by atomic mass is 10.2. The minimum absolute atomic E-state index is 0.251. The zero-order chi connectivity index (χ0) is 16.3. The van der Waals surface area contributed by atoms with Gasteiger partial charge in [0.05, 0.1) is 13.2 Å². The molecule has 0 aliphatic carbocycles. The topological polar surface area (TPSA) is 56.5 Å². The van der Waals surface area contributed by atoms with Gasteiger partial charge in [-0.25, -0.2) is 0 Å². The monoisotopic (exact) mass is 330 g/mol. The van der Waals surface area contributed by atoms with Crippen LogP contribution < -0.4 is 20.5 Å². The number of nitrogens with two attached hydrogens (primary N) is 1. The molecular weight excluding hydrogens is 308 g/mol. The zero-order valence-corrected chi connectivity index (χ0v) is 13.9. The number of rotatable bonds is 9. The van der Waals surface area contributed by atoms with Crippen molar-refractivity contribution in [3.8, 4) is 11.5 Å². The second-order valence-electron chi connectivity index (χ2n) is 5.09. The summed E-state index contributed by atoms with van der Waals surface area (Å²) >= 11 is 4.82. The molecule has 4 nitrogen and oxygen atoms in total. The number of ether oxygens (including phenoxy) is 2. The van der Waals surface area contributed by atoms with Crippen LogP contribution in [0.4, 0.5) is 5.69 Å². The van der Waals surface area contributed by atoms with Gasteiger partial charge in [-0.2, -0.15) is 0 Å². The molecule has 0 unspecified atom stereocenters. The zero-order valence-electron chi connectivity index (χ0n) is 13.0. The Morgan fingerprint density at radius 2 is 1.52 bits per heavy atom. The second-order valence-corrected chi connectivity index (χ2v) is 5.53. The van der Waals surface area contributed by atoms with Gasteiger partial charge in [0.15, 0.2) is 5.11 Å². The van der Waals surface area contributed by atoms with Gasteiger partial charge in [-0.05, 0) is 55.7 Å². The van der Waals surface area contributed by atoms with Gasteiger partial charge in [0.25, 0.3) is 0 Å². The van der Waals surface area contributed by atoms with E-state index in [0.717, 1.165) is 43.1 Å². The Kier molecular flexibility index (Phi) is 7.20. The molecule has 0 aliphatic heterocycles. The maximum Gasteiger partial charge on any atom is 0.168 e. The van der Waals surface area contributed by atoms with E-state index in [1.807, 2.05) is 54.6 Å². The number of anilines is 1. The third kappa shape index (κ3) is 7.02. The Morgan fingerprint density at radius 3 is 2.22 bits per heavy atom. The van der Waals surface area contributed by atoms with Crippen molar-refractivity contribution in [3.63, 3.8) is 0 Å². The molecule has 0 amide bonds. The molecule has 5 heteroatoms. The van der Waals surface area contributed by atoms with Crippen molar-refractivity contribution in [2.45, 2.75) is 19.3 Å². The summed E-state index contributed by atoms with van der Waals surface area (Å²) in [5.74, 6) is 1.73. The minimum atomic E-state index is 0.251. The van der Waals surface area contributed by atoms with Gasteiger partial charge in [0.2, 0.25) is 0 Å². The van der Waals surface area contributed by atoms with E-state index in [9.17, 15) is 0 Å². The lowest BCUT2D eigenvalue weighted by Crippen LogP contribution is -2.18. The standard InChI is InChI=1S/C18H22N2O2S/c19-18(23)20-15-8-7-11-17(14-15)22-13-6-2-5-12-21-16-9-3-1-4-10-16/h1,3-4,7-11,14H,2,5-6,12-13H2,(H3,19,20,23). The van der Waals surface area contributed by atoms with Crippen LogP contribution in [0.2, 0.25) is 0 Å². The Labute approximate surface area is 142 Å². The molecule has 0 spiro atoms. The highest BCUT2D eigenvalue weighted by Gasteiger charge is 1.98. The van der Waals surface area contributed by atoms with E-state index >= 15 is 0 Å². The van der Waals surface area contributed by atoms with E-state index in [2.05, 4.69) is 5.32 Å². The molecule has 0 atom stereocenters. The average Bonchev–Trinajstić information content (AvgIpc) is 2.55. The van der Waals surface area contributed by atoms with Gasteiger partial charge >= 0.3 is 0 Å². The molecule has 0 radical (unpaired) electrons. The Bertz CT molecular complexity index is 605. The number of nitrogens with one attached hydrogen (secondary N) is 1. The largest absolute Gasteiger partial charge is 0.494 e. The van der Waals surface area contributed by atoms with E-state index in [-0.39, 0.29) is 5.11 Å². The number of para-hydroxylation sites is 1. The molecule has 3 N–H and O–H groups in total. The molecule has 0 saturated heterocycles. The first kappa shape index (κ1) is 17.1. The van der Waals surface area contributed by atoms with E-state index in [0.29, 0.717) is 6.61 Å². The molecule has 0 heterocycles. The summed E-state index contributed by atoms with van der Waals surface area (Å²) < 4.78 is 11.4. The maximum absolute atomic E-state index is 5.73. The van der Waals surface area contributed by atoms with Crippen molar-refractivity contribution in [2.75, 3.05) is 18.5 Å². The quantitative estimate of drug-likeness (QED) is 0.538. The Hall–Kier alpha value is -2.27. The van der Waals surface area contributed by atoms with Crippen LogP contribution in [0.25, 0.3) is 0 Å². The number of hydrogen-bond acceptors (Lipinski definition) is 3. The van der Waals surface area contributed by atoms with Crippen LogP contribution in [0.15, 0.2) is 54.6 Å². The summed E-state index contributed by atoms with van der Waals surface area (Å²) in [6.45, 7) is 1.42. The molecule has 0 aliphatic rings. The van der Waals surface area contributed by atoms with Gasteiger partial charge in [0.1, 0.15) is 11.5 Å². The van der Waals surface area contributed by atoms with Crippen LogP contribution in [-0.2, 0) is 0 Å². The van der Waals surface area contributed by atoms with Gasteiger partial charge in [-0.3, -0.25) is 0 Å². The minimum Gasteiger partial charge on any atom is -0.494 e. The molecular formula is C18H22N2O2S. The predicted molar refractivity (Wildman–Crippen MR) is 98.1 cm³/mol. The van der Waals surface area contributed by atoms with Crippen LogP contribution in [0, 0.1) is 0 Å². The summed E-state index contributed by atoms with van der Waals surface area (Å²) in [6, 6.07) is 17.5. The van der Waals surface area contributed by atoms with Crippen LogP contribution in [-0.4, -0.2) is 18.3 Å². The maximum atomic E-state index is 5.73. The summed E-state index contributed by atoms with van der Waals surface area (Å²) in [5.41, 5.74) is 6.29. The van der Waals surface area contributed by atoms with Crippen LogP contribution in [0.3, 0.4) is 0 Å². The molecule has 0 aromatic heterocycles. The number of thiocarbonyl (C=S) groups is 1. The lowest BCUT2D eigenvalue weighted by Gasteiger charge is -2.09. The Balaban J connectivity index is 1.57. The average molecular weight is 330 g/mol. The van der Waals surface area contributed by atoms with Crippen molar-refractivity contribution in [3.05, 3.63) is 54.6 Å². The molecule has 2 aromatic rings. The third-order valence-corrected chi connectivity index (χ3v) is 3.27. The van der Waals surface area contributed by atoms with E-state index in [1.165, 1.54) is 0 Å². The van der Waals surface area contributed by atoms with Gasteiger partial charge in [-0.1, -0.05) is 24.3 Å². The summed E-state index contributed by atoms with van der Waals surface area (Å²) in [5, 5.41) is 3.14. The third-order valence-electron chi connectivity index (χ3n) is 3.17. The fourth-order valence-electron chi connectivity index (χ4n) is 2.08. The molecule has 0 fully saturated rings. The van der Waals surface area contributed by atoms with Crippen molar-refractivity contribution in [1.29, 1.82) is 0 Å². The highest BCUT2D eigenvalue weighted by Crippen LogP contribution is 2.17. The molecule has 23 heavy (non-hydrogen) atoms. The van der Waals surface area contributed by atoms with Gasteiger partial charge in [0, 0.05) is 11.8 Å². The molecule has 2 rings (SSSR count). The summed E-state index contributed by atoms with van der Waals surface area (Å²) in [6.07, 6.45) is 3.07. The van der Waals surface area contributed by atoms with Crippen LogP contribution in [0.1, 0.15) is 19.3 Å². The molecule has 0 saturated carbocycles. The molecule has 0 bridgehead atoms. The number of hydrogen-bond donors (Lipinski definition) is 2. The van der Waals surface area contributed by atoms with E-state index in [4.69, 9.17) is 27.4 Å². The van der Waals surface area contributed by atoms with Crippen molar-refractivity contribution in [1.82, 2.24) is 0 Å². The first-order chi connectivity index (χ1) is 11.2. The molecule has 2 aromatic carbocycles. The van der Waals surface area contributed by atoms with Crippen LogP contribution >= 0.6 is 12.2 Å². The van der Waals surface area contributed by atoms with Gasteiger partial charge in [-0.15, -0.1) is 0 Å². The number of benzene rings is 2. The fraction of sp³-hybridized carbons (Fsp3) is 0.278. The number of unbranched alkanes of at least 4 members (excludes halogenated alkanes) is 2. The summed E-state index contributed by atoms with van der Waals surface area (Å²) in [7, 11) is 0. The normalized spacial score (nSPS) is 10.1.